The van der Waals surface area contributed by atoms with Crippen molar-refractivity contribution in [3.8, 4) is 22.8 Å². The summed E-state index contributed by atoms with van der Waals surface area (Å²) in [6.45, 7) is 3.53. The van der Waals surface area contributed by atoms with Gasteiger partial charge in [0.1, 0.15) is 29.7 Å². The van der Waals surface area contributed by atoms with Crippen molar-refractivity contribution in [2.45, 2.75) is 25.8 Å². The van der Waals surface area contributed by atoms with Crippen molar-refractivity contribution in [2.75, 3.05) is 54.0 Å². The molecule has 0 radical (unpaired) electrons. The summed E-state index contributed by atoms with van der Waals surface area (Å²) < 4.78 is 12.3. The van der Waals surface area contributed by atoms with Gasteiger partial charge >= 0.3 is 5.97 Å². The largest absolute Gasteiger partial charge is 0.496 e. The summed E-state index contributed by atoms with van der Waals surface area (Å²) in [5, 5.41) is 15.1. The van der Waals surface area contributed by atoms with Gasteiger partial charge in [-0.15, -0.1) is 11.3 Å². The van der Waals surface area contributed by atoms with Gasteiger partial charge in [0.25, 0.3) is 5.91 Å². The zero-order chi connectivity index (χ0) is 29.9. The number of amides is 2. The third-order valence-corrected chi connectivity index (χ3v) is 9.21. The molecular weight excluding hydrogens is 556 g/mol. The van der Waals surface area contributed by atoms with Crippen LogP contribution in [0.1, 0.15) is 22.6 Å². The van der Waals surface area contributed by atoms with Gasteiger partial charge in [0.2, 0.25) is 5.91 Å². The summed E-state index contributed by atoms with van der Waals surface area (Å²) in [6, 6.07) is 13.4. The monoisotopic (exact) mass is 593 g/mol. The van der Waals surface area contributed by atoms with E-state index in [1.807, 2.05) is 54.9 Å². The maximum Gasteiger partial charge on any atom is 0.304 e. The molecule has 1 fully saturated rings. The lowest BCUT2D eigenvalue weighted by Gasteiger charge is -2.40. The highest BCUT2D eigenvalue weighted by Gasteiger charge is 2.45. The Morgan fingerprint density at radius 2 is 1.93 bits per heavy atom. The number of nitrogens with one attached hydrogen (secondary N) is 1. The lowest BCUT2D eigenvalue weighted by molar-refractivity contribution is -0.904. The zero-order valence-electron chi connectivity index (χ0n) is 24.2. The highest BCUT2D eigenvalue weighted by atomic mass is 32.1. The molecule has 0 saturated carbocycles. The smallest absolute Gasteiger partial charge is 0.304 e. The lowest BCUT2D eigenvalue weighted by atomic mass is 9.80. The fourth-order valence-electron chi connectivity index (χ4n) is 5.80. The van der Waals surface area contributed by atoms with E-state index < -0.39 is 11.4 Å². The number of carboxylic acids is 1. The minimum atomic E-state index is -1.01. The zero-order valence-corrected chi connectivity index (χ0v) is 25.0. The van der Waals surface area contributed by atoms with Crippen LogP contribution in [0.25, 0.3) is 11.3 Å². The Bertz CT molecular complexity index is 1460. The normalized spacial score (nSPS) is 19.3. The van der Waals surface area contributed by atoms with Crippen LogP contribution in [0, 0.1) is 5.41 Å². The van der Waals surface area contributed by atoms with Crippen LogP contribution in [0.4, 0.5) is 0 Å². The minimum Gasteiger partial charge on any atom is -0.496 e. The van der Waals surface area contributed by atoms with Crippen LogP contribution in [-0.2, 0) is 33.8 Å². The molecule has 5 rings (SSSR count). The summed E-state index contributed by atoms with van der Waals surface area (Å²) in [4.78, 5) is 43.6. The molecule has 2 N–H and O–H groups in total. The van der Waals surface area contributed by atoms with Gasteiger partial charge in [-0.05, 0) is 36.1 Å². The van der Waals surface area contributed by atoms with Crippen molar-refractivity contribution in [3.05, 3.63) is 64.0 Å². The topological polar surface area (TPSA) is 118 Å². The van der Waals surface area contributed by atoms with E-state index in [0.29, 0.717) is 47.0 Å². The Labute approximate surface area is 249 Å². The van der Waals surface area contributed by atoms with Crippen LogP contribution >= 0.6 is 11.3 Å². The second-order valence-electron chi connectivity index (χ2n) is 11.5. The molecule has 2 aromatic carbocycles. The van der Waals surface area contributed by atoms with E-state index in [0.717, 1.165) is 42.0 Å². The molecule has 1 atom stereocenters. The molecular formula is C31H37N4O6S+. The Morgan fingerprint density at radius 1 is 1.19 bits per heavy atom. The number of fused-ring (bicyclic) bond motifs is 1. The van der Waals surface area contributed by atoms with Gasteiger partial charge in [0.15, 0.2) is 6.54 Å². The fraction of sp³-hybridized carbons (Fsp3) is 0.419. The van der Waals surface area contributed by atoms with E-state index in [1.165, 1.54) is 11.3 Å². The summed E-state index contributed by atoms with van der Waals surface area (Å²) in [5.74, 6) is 0.188. The van der Waals surface area contributed by atoms with Gasteiger partial charge in [-0.2, -0.15) is 0 Å². The molecule has 11 heteroatoms. The Hall–Kier alpha value is -3.96. The Balaban J connectivity index is 1.20. The van der Waals surface area contributed by atoms with E-state index in [-0.39, 0.29) is 24.8 Å². The van der Waals surface area contributed by atoms with Crippen LogP contribution in [0.2, 0.25) is 0 Å². The third-order valence-electron chi connectivity index (χ3n) is 8.37. The first-order valence-corrected chi connectivity index (χ1v) is 14.9. The number of methoxy groups -OCH3 is 1. The molecule has 1 aliphatic carbocycles. The van der Waals surface area contributed by atoms with Gasteiger partial charge in [-0.3, -0.25) is 14.4 Å². The fourth-order valence-corrected chi connectivity index (χ4v) is 6.53. The molecule has 2 amide bonds. The van der Waals surface area contributed by atoms with Crippen molar-refractivity contribution >= 4 is 29.1 Å². The maximum atomic E-state index is 13.3. The number of nitrogens with zero attached hydrogens (tertiary/aromatic N) is 3. The number of piperazine rings is 1. The second kappa shape index (κ2) is 12.1. The van der Waals surface area contributed by atoms with Gasteiger partial charge < -0.3 is 29.3 Å². The van der Waals surface area contributed by atoms with E-state index in [1.54, 1.807) is 12.0 Å². The number of thiazole rings is 1. The number of quaternary nitrogens is 1. The van der Waals surface area contributed by atoms with Crippen LogP contribution < -0.4 is 14.8 Å². The number of rotatable bonds is 11. The van der Waals surface area contributed by atoms with Crippen molar-refractivity contribution in [3.63, 3.8) is 0 Å². The van der Waals surface area contributed by atoms with E-state index in [4.69, 9.17) is 14.5 Å². The second-order valence-corrected chi connectivity index (χ2v) is 12.5. The number of aliphatic carboxylic acids is 1. The summed E-state index contributed by atoms with van der Waals surface area (Å²) in [6.07, 6.45) is 0.587. The van der Waals surface area contributed by atoms with Gasteiger partial charge in [0, 0.05) is 24.1 Å². The number of ether oxygens (including phenoxy) is 2. The number of hydrogen-bond donors (Lipinski definition) is 2. The van der Waals surface area contributed by atoms with E-state index in [9.17, 15) is 19.5 Å². The van der Waals surface area contributed by atoms with Crippen LogP contribution in [-0.4, -0.2) is 91.2 Å². The molecule has 2 heterocycles. The molecule has 2 aliphatic rings. The molecule has 3 aromatic rings. The van der Waals surface area contributed by atoms with Crippen LogP contribution in [0.15, 0.2) is 47.8 Å². The summed E-state index contributed by atoms with van der Waals surface area (Å²) >= 11 is 1.42. The predicted molar refractivity (Wildman–Crippen MR) is 158 cm³/mol. The Morgan fingerprint density at radius 3 is 2.60 bits per heavy atom. The molecule has 1 aromatic heterocycles. The quantitative estimate of drug-likeness (QED) is 0.328. The van der Waals surface area contributed by atoms with Crippen LogP contribution in [0.5, 0.6) is 11.5 Å². The van der Waals surface area contributed by atoms with Crippen molar-refractivity contribution in [1.29, 1.82) is 0 Å². The molecule has 0 bridgehead atoms. The highest BCUT2D eigenvalue weighted by molar-refractivity contribution is 7.09. The van der Waals surface area contributed by atoms with Crippen LogP contribution in [0.3, 0.4) is 0 Å². The molecule has 1 saturated heterocycles. The molecule has 42 heavy (non-hydrogen) atoms. The van der Waals surface area contributed by atoms with Gasteiger partial charge in [-0.1, -0.05) is 24.3 Å². The molecule has 222 valence electrons. The maximum absolute atomic E-state index is 13.3. The molecule has 10 nitrogen and oxygen atoms in total. The number of aromatic nitrogens is 1. The number of carbonyl (C=O) groups excluding carboxylic acids is 2. The van der Waals surface area contributed by atoms with Gasteiger partial charge in [0.05, 0.1) is 51.3 Å². The SMILES string of the molecule is COc1cc(OCC[N+]2(C)CCN(C)C(=O)C2)ccc1-c1csc(CNC(=O)C2(CC(=O)O)Cc3ccccc3C2)n1. The standard InChI is InChI=1S/C31H36N4O6S/c1-34-10-11-35(2,19-28(34)36)12-13-41-23-8-9-24(26(14-23)40-3)25-20-42-27(33-25)18-32-30(39)31(17-29(37)38)15-21-6-4-5-7-22(21)16-31/h4-9,14,20H,10-13,15-19H2,1-3H3,(H-,32,37,38,39)/p+1. The summed E-state index contributed by atoms with van der Waals surface area (Å²) in [5.41, 5.74) is 2.56. The predicted octanol–water partition coefficient (Wildman–Crippen LogP) is 2.99. The number of benzene rings is 2. The molecule has 1 unspecified atom stereocenters. The number of hydrogen-bond acceptors (Lipinski definition) is 7. The van der Waals surface area contributed by atoms with Gasteiger partial charge in [-0.25, -0.2) is 4.98 Å². The number of carboxylic acid groups (broad SMARTS) is 1. The Kier molecular flexibility index (Phi) is 8.51. The molecule has 1 aliphatic heterocycles. The average molecular weight is 594 g/mol. The lowest BCUT2D eigenvalue weighted by Crippen LogP contribution is -2.60. The third kappa shape index (κ3) is 6.42. The highest BCUT2D eigenvalue weighted by Crippen LogP contribution is 2.40. The minimum absolute atomic E-state index is 0.154. The average Bonchev–Trinajstić information content (AvgIpc) is 3.58. The summed E-state index contributed by atoms with van der Waals surface area (Å²) in [7, 11) is 5.52. The van der Waals surface area contributed by atoms with Crippen molar-refractivity contribution < 1.29 is 33.4 Å². The molecule has 0 spiro atoms. The van der Waals surface area contributed by atoms with Crippen molar-refractivity contribution in [1.82, 2.24) is 15.2 Å². The van der Waals surface area contributed by atoms with E-state index in [2.05, 4.69) is 12.4 Å². The van der Waals surface area contributed by atoms with Crippen molar-refractivity contribution in [2.24, 2.45) is 5.41 Å². The number of likely N-dealkylation sites (N-methyl/N-ethyl adjacent to an activating group) is 2. The number of carbonyl (C=O) groups is 3. The first-order chi connectivity index (χ1) is 20.1. The first kappa shape index (κ1) is 29.5. The van der Waals surface area contributed by atoms with E-state index >= 15 is 0 Å². The first-order valence-electron chi connectivity index (χ1n) is 14.0.